The normalized spacial score (nSPS) is 11.5. The van der Waals surface area contributed by atoms with Gasteiger partial charge in [0.1, 0.15) is 0 Å². The Hall–Kier alpha value is -0.390. The summed E-state index contributed by atoms with van der Waals surface area (Å²) >= 11 is -0.0135. The number of carbonyl (C=O) groups excluding carboxylic acids is 1. The van der Waals surface area contributed by atoms with Gasteiger partial charge in [0.05, 0.1) is 6.61 Å². The molecule has 6 heteroatoms. The van der Waals surface area contributed by atoms with Crippen molar-refractivity contribution < 1.29 is 22.7 Å². The van der Waals surface area contributed by atoms with E-state index in [2.05, 4.69) is 4.74 Å². The summed E-state index contributed by atoms with van der Waals surface area (Å²) in [5.41, 5.74) is -4.14. The Morgan fingerprint density at radius 2 is 1.93 bits per heavy atom. The Bertz CT molecular complexity index is 183. The number of thioether (sulfide) groups is 1. The Labute approximate surface area is 91.6 Å². The van der Waals surface area contributed by atoms with Gasteiger partial charge in [0.2, 0.25) is 0 Å². The molecule has 0 saturated heterocycles. The fourth-order valence-corrected chi connectivity index (χ4v) is 1.55. The zero-order valence-electron chi connectivity index (χ0n) is 8.60. The van der Waals surface area contributed by atoms with Crippen LogP contribution < -0.4 is 0 Å². The molecular formula is C9H15F3O2S. The summed E-state index contributed by atoms with van der Waals surface area (Å²) in [6.45, 7) is 2.07. The largest absolute Gasteiger partial charge is 0.466 e. The van der Waals surface area contributed by atoms with Crippen molar-refractivity contribution in [3.05, 3.63) is 0 Å². The molecule has 0 heterocycles. The SMILES string of the molecule is CCOC(=O)CCCCCSC(F)(F)F. The quantitative estimate of drug-likeness (QED) is 0.507. The van der Waals surface area contributed by atoms with E-state index in [9.17, 15) is 18.0 Å². The van der Waals surface area contributed by atoms with Crippen molar-refractivity contribution in [3.8, 4) is 0 Å². The lowest BCUT2D eigenvalue weighted by Gasteiger charge is -2.05. The molecule has 0 aliphatic rings. The number of hydrogen-bond acceptors (Lipinski definition) is 3. The zero-order valence-corrected chi connectivity index (χ0v) is 9.42. The summed E-state index contributed by atoms with van der Waals surface area (Å²) < 4.78 is 39.7. The number of carbonyl (C=O) groups is 1. The van der Waals surface area contributed by atoms with Crippen molar-refractivity contribution in [2.45, 2.75) is 38.1 Å². The van der Waals surface area contributed by atoms with Crippen molar-refractivity contribution in [2.75, 3.05) is 12.4 Å². The van der Waals surface area contributed by atoms with Gasteiger partial charge in [-0.3, -0.25) is 4.79 Å². The number of ether oxygens (including phenoxy) is 1. The van der Waals surface area contributed by atoms with E-state index in [1.54, 1.807) is 6.92 Å². The minimum atomic E-state index is -4.14. The smallest absolute Gasteiger partial charge is 0.441 e. The third-order valence-corrected chi connectivity index (χ3v) is 2.42. The van der Waals surface area contributed by atoms with Crippen molar-refractivity contribution in [3.63, 3.8) is 0 Å². The number of esters is 1. The van der Waals surface area contributed by atoms with Gasteiger partial charge in [-0.2, -0.15) is 13.2 Å². The predicted molar refractivity (Wildman–Crippen MR) is 53.6 cm³/mol. The van der Waals surface area contributed by atoms with E-state index in [4.69, 9.17) is 0 Å². The van der Waals surface area contributed by atoms with Crippen LogP contribution in [-0.2, 0) is 9.53 Å². The lowest BCUT2D eigenvalue weighted by molar-refractivity contribution is -0.143. The van der Waals surface area contributed by atoms with Gasteiger partial charge in [0.15, 0.2) is 0 Å². The highest BCUT2D eigenvalue weighted by Crippen LogP contribution is 2.30. The maximum absolute atomic E-state index is 11.7. The summed E-state index contributed by atoms with van der Waals surface area (Å²) in [6, 6.07) is 0. The minimum absolute atomic E-state index is 0.0135. The molecule has 0 spiro atoms. The van der Waals surface area contributed by atoms with E-state index in [0.717, 1.165) is 0 Å². The molecule has 0 bridgehead atoms. The van der Waals surface area contributed by atoms with Crippen LogP contribution in [0.3, 0.4) is 0 Å². The van der Waals surface area contributed by atoms with Gasteiger partial charge in [-0.05, 0) is 19.8 Å². The first-order valence-electron chi connectivity index (χ1n) is 4.82. The standard InChI is InChI=1S/C9H15F3O2S/c1-2-14-8(13)6-4-3-5-7-15-9(10,11)12/h2-7H2,1H3. The number of hydrogen-bond donors (Lipinski definition) is 0. The van der Waals surface area contributed by atoms with Crippen molar-refractivity contribution in [1.82, 2.24) is 0 Å². The van der Waals surface area contributed by atoms with Crippen LogP contribution in [0.4, 0.5) is 13.2 Å². The molecule has 0 radical (unpaired) electrons. The second kappa shape index (κ2) is 7.84. The molecule has 0 aliphatic heterocycles. The summed E-state index contributed by atoms with van der Waals surface area (Å²) in [6.07, 6.45) is 1.99. The molecule has 90 valence electrons. The van der Waals surface area contributed by atoms with Crippen LogP contribution in [0.1, 0.15) is 32.6 Å². The summed E-state index contributed by atoms with van der Waals surface area (Å²) in [7, 11) is 0. The summed E-state index contributed by atoms with van der Waals surface area (Å²) in [5, 5.41) is 0. The van der Waals surface area contributed by atoms with E-state index >= 15 is 0 Å². The minimum Gasteiger partial charge on any atom is -0.466 e. The Morgan fingerprint density at radius 1 is 1.27 bits per heavy atom. The molecule has 0 aromatic heterocycles. The topological polar surface area (TPSA) is 26.3 Å². The number of unbranched alkanes of at least 4 members (excludes halogenated alkanes) is 2. The highest BCUT2D eigenvalue weighted by Gasteiger charge is 2.27. The summed E-state index contributed by atoms with van der Waals surface area (Å²) in [4.78, 5) is 10.8. The second-order valence-electron chi connectivity index (χ2n) is 2.91. The van der Waals surface area contributed by atoms with E-state index < -0.39 is 5.51 Å². The number of halogens is 3. The average Bonchev–Trinajstić information content (AvgIpc) is 2.09. The molecule has 0 aliphatic carbocycles. The van der Waals surface area contributed by atoms with Gasteiger partial charge in [0.25, 0.3) is 0 Å². The molecule has 2 nitrogen and oxygen atoms in total. The monoisotopic (exact) mass is 244 g/mol. The fourth-order valence-electron chi connectivity index (χ4n) is 0.969. The predicted octanol–water partition coefficient (Wildman–Crippen LogP) is 3.36. The Kier molecular flexibility index (Phi) is 7.64. The molecule has 0 unspecified atom stereocenters. The first-order chi connectivity index (χ1) is 6.95. The van der Waals surface area contributed by atoms with Crippen LogP contribution in [0.25, 0.3) is 0 Å². The van der Waals surface area contributed by atoms with Gasteiger partial charge in [-0.25, -0.2) is 0 Å². The van der Waals surface area contributed by atoms with Crippen molar-refractivity contribution in [1.29, 1.82) is 0 Å². The lowest BCUT2D eigenvalue weighted by Crippen LogP contribution is -2.04. The molecular weight excluding hydrogens is 229 g/mol. The van der Waals surface area contributed by atoms with E-state index in [-0.39, 0.29) is 23.5 Å². The lowest BCUT2D eigenvalue weighted by atomic mass is 10.2. The van der Waals surface area contributed by atoms with Crippen molar-refractivity contribution >= 4 is 17.7 Å². The number of rotatable bonds is 7. The van der Waals surface area contributed by atoms with Crippen LogP contribution in [-0.4, -0.2) is 23.8 Å². The van der Waals surface area contributed by atoms with Gasteiger partial charge >= 0.3 is 11.5 Å². The molecule has 0 fully saturated rings. The third-order valence-electron chi connectivity index (χ3n) is 1.60. The highest BCUT2D eigenvalue weighted by molar-refractivity contribution is 8.00. The van der Waals surface area contributed by atoms with Crippen LogP contribution in [0, 0.1) is 0 Å². The van der Waals surface area contributed by atoms with Crippen LogP contribution in [0.2, 0.25) is 0 Å². The van der Waals surface area contributed by atoms with Gasteiger partial charge < -0.3 is 4.74 Å². The number of alkyl halides is 3. The Morgan fingerprint density at radius 3 is 2.47 bits per heavy atom. The van der Waals surface area contributed by atoms with E-state index in [1.807, 2.05) is 0 Å². The maximum Gasteiger partial charge on any atom is 0.441 e. The third kappa shape index (κ3) is 11.5. The van der Waals surface area contributed by atoms with E-state index in [0.29, 0.717) is 32.3 Å². The van der Waals surface area contributed by atoms with Gasteiger partial charge in [-0.1, -0.05) is 18.2 Å². The van der Waals surface area contributed by atoms with Crippen LogP contribution in [0.15, 0.2) is 0 Å². The molecule has 0 aromatic carbocycles. The van der Waals surface area contributed by atoms with Crippen LogP contribution in [0.5, 0.6) is 0 Å². The van der Waals surface area contributed by atoms with Crippen LogP contribution >= 0.6 is 11.8 Å². The first-order valence-corrected chi connectivity index (χ1v) is 5.80. The highest BCUT2D eigenvalue weighted by atomic mass is 32.2. The molecule has 15 heavy (non-hydrogen) atoms. The zero-order chi connectivity index (χ0) is 11.7. The molecule has 0 saturated carbocycles. The maximum atomic E-state index is 11.7. The molecule has 0 rings (SSSR count). The first kappa shape index (κ1) is 14.6. The van der Waals surface area contributed by atoms with Gasteiger partial charge in [0, 0.05) is 12.2 Å². The van der Waals surface area contributed by atoms with E-state index in [1.165, 1.54) is 0 Å². The average molecular weight is 244 g/mol. The molecule has 0 amide bonds. The molecule has 0 aromatic rings. The Balaban J connectivity index is 3.22. The fraction of sp³-hybridized carbons (Fsp3) is 0.889. The van der Waals surface area contributed by atoms with Crippen molar-refractivity contribution in [2.24, 2.45) is 0 Å². The summed E-state index contributed by atoms with van der Waals surface area (Å²) in [5.74, 6) is -0.215. The second-order valence-corrected chi connectivity index (χ2v) is 4.07. The molecule has 0 atom stereocenters. The molecule has 0 N–H and O–H groups in total. The van der Waals surface area contributed by atoms with Gasteiger partial charge in [-0.15, -0.1) is 0 Å².